The van der Waals surface area contributed by atoms with Gasteiger partial charge in [0.1, 0.15) is 5.82 Å². The first-order chi connectivity index (χ1) is 15.0. The van der Waals surface area contributed by atoms with Crippen molar-refractivity contribution < 1.29 is 9.59 Å². The molecule has 0 aromatic carbocycles. The second-order valence-corrected chi connectivity index (χ2v) is 9.57. The largest absolute Gasteiger partial charge is 0.354 e. The van der Waals surface area contributed by atoms with Crippen LogP contribution in [0.3, 0.4) is 0 Å². The summed E-state index contributed by atoms with van der Waals surface area (Å²) in [7, 11) is 0. The van der Waals surface area contributed by atoms with Crippen molar-refractivity contribution in [1.82, 2.24) is 19.7 Å². The summed E-state index contributed by atoms with van der Waals surface area (Å²) in [5.41, 5.74) is 0.645. The third-order valence-electron chi connectivity index (χ3n) is 7.30. The van der Waals surface area contributed by atoms with Crippen LogP contribution in [0.4, 0.5) is 5.82 Å². The normalized spacial score (nSPS) is 26.1. The lowest BCUT2D eigenvalue weighted by Crippen LogP contribution is -2.55. The lowest BCUT2D eigenvalue weighted by molar-refractivity contribution is -0.134. The Bertz CT molecular complexity index is 752. The molecule has 2 aliphatic heterocycles. The summed E-state index contributed by atoms with van der Waals surface area (Å²) >= 11 is 0. The van der Waals surface area contributed by atoms with Crippen molar-refractivity contribution in [2.45, 2.75) is 45.6 Å². The Morgan fingerprint density at radius 1 is 1.00 bits per heavy atom. The number of amides is 1. The highest BCUT2D eigenvalue weighted by molar-refractivity contribution is 5.93. The maximum atomic E-state index is 12.9. The molecule has 4 rings (SSSR count). The fraction of sp³-hybridized carbons (Fsp3) is 0.708. The van der Waals surface area contributed by atoms with E-state index in [4.69, 9.17) is 0 Å². The lowest BCUT2D eigenvalue weighted by atomic mass is 9.86. The summed E-state index contributed by atoms with van der Waals surface area (Å²) in [5.74, 6) is 2.06. The lowest BCUT2D eigenvalue weighted by Gasteiger charge is -2.42. The molecule has 7 nitrogen and oxygen atoms in total. The minimum absolute atomic E-state index is 0.0384. The van der Waals surface area contributed by atoms with Crippen LogP contribution in [0.1, 0.15) is 49.9 Å². The van der Waals surface area contributed by atoms with E-state index >= 15 is 0 Å². The number of hydrogen-bond donors (Lipinski definition) is 0. The molecule has 1 aromatic heterocycles. The number of carbonyl (C=O) groups is 2. The van der Waals surface area contributed by atoms with Gasteiger partial charge in [-0.25, -0.2) is 4.98 Å². The van der Waals surface area contributed by atoms with Crippen molar-refractivity contribution in [3.05, 3.63) is 23.9 Å². The highest BCUT2D eigenvalue weighted by Crippen LogP contribution is 2.28. The summed E-state index contributed by atoms with van der Waals surface area (Å²) < 4.78 is 0. The Kier molecular flexibility index (Phi) is 7.23. The van der Waals surface area contributed by atoms with Gasteiger partial charge in [-0.1, -0.05) is 19.8 Å². The third kappa shape index (κ3) is 5.63. The van der Waals surface area contributed by atoms with Gasteiger partial charge < -0.3 is 9.80 Å². The predicted molar refractivity (Wildman–Crippen MR) is 122 cm³/mol. The Balaban J connectivity index is 1.19. The van der Waals surface area contributed by atoms with E-state index in [1.807, 2.05) is 12.1 Å². The number of anilines is 1. The average molecular weight is 428 g/mol. The van der Waals surface area contributed by atoms with Crippen LogP contribution < -0.4 is 4.90 Å². The molecule has 170 valence electrons. The molecular formula is C24H37N5O2. The van der Waals surface area contributed by atoms with Gasteiger partial charge in [0.2, 0.25) is 5.91 Å². The second kappa shape index (κ2) is 10.1. The van der Waals surface area contributed by atoms with Gasteiger partial charge in [0, 0.05) is 70.2 Å². The molecule has 1 aliphatic carbocycles. The zero-order valence-corrected chi connectivity index (χ0v) is 19.1. The molecule has 2 saturated heterocycles. The summed E-state index contributed by atoms with van der Waals surface area (Å²) in [4.78, 5) is 37.9. The average Bonchev–Trinajstić information content (AvgIpc) is 2.80. The summed E-state index contributed by atoms with van der Waals surface area (Å²) in [6.07, 6.45) is 7.04. The van der Waals surface area contributed by atoms with Crippen molar-refractivity contribution in [2.24, 2.45) is 5.92 Å². The Morgan fingerprint density at radius 3 is 2.35 bits per heavy atom. The number of carbonyl (C=O) groups excluding carboxylic acids is 2. The van der Waals surface area contributed by atoms with E-state index in [-0.39, 0.29) is 11.7 Å². The van der Waals surface area contributed by atoms with E-state index in [0.717, 1.165) is 70.1 Å². The molecule has 1 saturated carbocycles. The standard InChI is InChI=1S/C24H37N5O2/c1-19-4-3-5-22(16-19)27-12-14-29(15-13-27)24(31)18-26-8-10-28(11-9-26)23-7-6-21(17-25-23)20(2)30/h6-7,17,19,22H,3-5,8-16,18H2,1-2H3. The van der Waals surface area contributed by atoms with Crippen LogP contribution >= 0.6 is 0 Å². The first-order valence-electron chi connectivity index (χ1n) is 12.0. The van der Waals surface area contributed by atoms with Gasteiger partial charge in [-0.3, -0.25) is 19.4 Å². The van der Waals surface area contributed by atoms with Crippen molar-refractivity contribution in [3.63, 3.8) is 0 Å². The molecule has 1 aromatic rings. The Morgan fingerprint density at radius 2 is 1.74 bits per heavy atom. The number of rotatable bonds is 5. The van der Waals surface area contributed by atoms with Crippen LogP contribution in [0.5, 0.6) is 0 Å². The second-order valence-electron chi connectivity index (χ2n) is 9.57. The van der Waals surface area contributed by atoms with Crippen LogP contribution in [-0.2, 0) is 4.79 Å². The molecule has 1 amide bonds. The van der Waals surface area contributed by atoms with Gasteiger partial charge >= 0.3 is 0 Å². The van der Waals surface area contributed by atoms with Gasteiger partial charge in [-0.05, 0) is 37.8 Å². The number of pyridine rings is 1. The first kappa shape index (κ1) is 22.2. The van der Waals surface area contributed by atoms with E-state index < -0.39 is 0 Å². The number of piperazine rings is 2. The fourth-order valence-corrected chi connectivity index (χ4v) is 5.28. The molecule has 0 N–H and O–H groups in total. The molecule has 0 spiro atoms. The van der Waals surface area contributed by atoms with Crippen molar-refractivity contribution in [1.29, 1.82) is 0 Å². The van der Waals surface area contributed by atoms with Crippen molar-refractivity contribution in [3.8, 4) is 0 Å². The maximum Gasteiger partial charge on any atom is 0.236 e. The predicted octanol–water partition coefficient (Wildman–Crippen LogP) is 2.13. The quantitative estimate of drug-likeness (QED) is 0.671. The van der Waals surface area contributed by atoms with Gasteiger partial charge in [-0.2, -0.15) is 0 Å². The number of aromatic nitrogens is 1. The van der Waals surface area contributed by atoms with Gasteiger partial charge in [0.25, 0.3) is 0 Å². The van der Waals surface area contributed by atoms with Crippen LogP contribution in [0, 0.1) is 5.92 Å². The molecule has 0 radical (unpaired) electrons. The van der Waals surface area contributed by atoms with Gasteiger partial charge in [-0.15, -0.1) is 0 Å². The zero-order valence-electron chi connectivity index (χ0n) is 19.1. The Hall–Kier alpha value is -1.99. The molecule has 31 heavy (non-hydrogen) atoms. The van der Waals surface area contributed by atoms with Crippen LogP contribution in [0.15, 0.2) is 18.3 Å². The van der Waals surface area contributed by atoms with E-state index in [0.29, 0.717) is 12.1 Å². The molecular weight excluding hydrogens is 390 g/mol. The summed E-state index contributed by atoms with van der Waals surface area (Å²) in [6.45, 7) is 11.7. The zero-order chi connectivity index (χ0) is 21.8. The van der Waals surface area contributed by atoms with Crippen LogP contribution in [0.2, 0.25) is 0 Å². The minimum Gasteiger partial charge on any atom is -0.354 e. The molecule has 2 unspecified atom stereocenters. The topological polar surface area (TPSA) is 60.0 Å². The van der Waals surface area contributed by atoms with E-state index in [9.17, 15) is 9.59 Å². The summed E-state index contributed by atoms with van der Waals surface area (Å²) in [6, 6.07) is 4.49. The molecule has 3 aliphatic rings. The van der Waals surface area contributed by atoms with Crippen molar-refractivity contribution >= 4 is 17.5 Å². The first-order valence-corrected chi connectivity index (χ1v) is 12.0. The monoisotopic (exact) mass is 427 g/mol. The highest BCUT2D eigenvalue weighted by atomic mass is 16.2. The molecule has 3 fully saturated rings. The number of ketones is 1. The van der Waals surface area contributed by atoms with Crippen molar-refractivity contribution in [2.75, 3.05) is 63.8 Å². The number of Topliss-reactive ketones (excluding diaryl/α,β-unsaturated/α-hetero) is 1. The van der Waals surface area contributed by atoms with Gasteiger partial charge in [0.05, 0.1) is 6.54 Å². The van der Waals surface area contributed by atoms with E-state index in [1.165, 1.54) is 25.7 Å². The van der Waals surface area contributed by atoms with E-state index in [2.05, 4.69) is 31.5 Å². The maximum absolute atomic E-state index is 12.9. The smallest absolute Gasteiger partial charge is 0.236 e. The molecule has 2 atom stereocenters. The minimum atomic E-state index is 0.0384. The number of hydrogen-bond acceptors (Lipinski definition) is 6. The summed E-state index contributed by atoms with van der Waals surface area (Å²) in [5, 5.41) is 0. The fourth-order valence-electron chi connectivity index (χ4n) is 5.28. The van der Waals surface area contributed by atoms with Gasteiger partial charge in [0.15, 0.2) is 5.78 Å². The van der Waals surface area contributed by atoms with E-state index in [1.54, 1.807) is 13.1 Å². The molecule has 0 bridgehead atoms. The number of nitrogens with zero attached hydrogens (tertiary/aromatic N) is 5. The third-order valence-corrected chi connectivity index (χ3v) is 7.30. The molecule has 3 heterocycles. The Labute approximate surface area is 186 Å². The SMILES string of the molecule is CC(=O)c1ccc(N2CCN(CC(=O)N3CCN(C4CCCC(C)C4)CC3)CC2)nc1. The van der Waals surface area contributed by atoms with Crippen LogP contribution in [-0.4, -0.2) is 96.3 Å². The molecule has 7 heteroatoms. The highest BCUT2D eigenvalue weighted by Gasteiger charge is 2.30. The van der Waals surface area contributed by atoms with Crippen LogP contribution in [0.25, 0.3) is 0 Å².